The predicted octanol–water partition coefficient (Wildman–Crippen LogP) is -4.34. The Hall–Kier alpha value is -1.28. The van der Waals surface area contributed by atoms with E-state index < -0.39 is 5.09 Å². The molecule has 16 heteroatoms. The first-order chi connectivity index (χ1) is 7.73. The van der Waals surface area contributed by atoms with Crippen molar-refractivity contribution in [1.29, 1.82) is 0 Å². The fraction of sp³-hybridized carbons (Fsp3) is 0. The summed E-state index contributed by atoms with van der Waals surface area (Å²) in [5, 5.41) is 52.6. The van der Waals surface area contributed by atoms with Gasteiger partial charge in [-0.2, -0.15) is 0 Å². The number of rotatable bonds is 0. The highest BCUT2D eigenvalue weighted by atomic mass is 16.9. The van der Waals surface area contributed by atoms with E-state index in [9.17, 15) is 0 Å². The maximum Gasteiger partial charge on any atom is 0.291 e. The SMILES string of the molecule is NO.NO.NO.NO.NO.NO.O=[N+]([O-])O. The van der Waals surface area contributed by atoms with Gasteiger partial charge in [-0.15, -0.1) is 10.1 Å². The van der Waals surface area contributed by atoms with Gasteiger partial charge < -0.3 is 36.5 Å². The van der Waals surface area contributed by atoms with Crippen LogP contribution in [0.4, 0.5) is 0 Å². The molecule has 0 bridgehead atoms. The van der Waals surface area contributed by atoms with Crippen molar-refractivity contribution in [3.8, 4) is 0 Å². The quantitative estimate of drug-likeness (QED) is 0.144. The second kappa shape index (κ2) is 750. The molecule has 0 atom stereocenters. The molecule has 16 heavy (non-hydrogen) atoms. The summed E-state index contributed by atoms with van der Waals surface area (Å²) < 4.78 is 0. The molecule has 0 aromatic rings. The molecule has 0 heterocycles. The molecule has 0 unspecified atom stereocenters. The lowest BCUT2D eigenvalue weighted by Gasteiger charge is -1.56. The maximum atomic E-state index is 8.36. The van der Waals surface area contributed by atoms with E-state index in [4.69, 9.17) is 46.6 Å². The van der Waals surface area contributed by atoms with E-state index in [-0.39, 0.29) is 0 Å². The van der Waals surface area contributed by atoms with Crippen LogP contribution in [0.1, 0.15) is 0 Å². The zero-order valence-corrected chi connectivity index (χ0v) is 7.86. The molecule has 108 valence electrons. The van der Waals surface area contributed by atoms with E-state index in [0.717, 1.165) is 0 Å². The summed E-state index contributed by atoms with van der Waals surface area (Å²) in [6, 6.07) is 0. The van der Waals surface area contributed by atoms with Gasteiger partial charge >= 0.3 is 0 Å². The van der Waals surface area contributed by atoms with E-state index in [0.29, 0.717) is 0 Å². The van der Waals surface area contributed by atoms with E-state index in [1.807, 2.05) is 0 Å². The number of nitrogens with two attached hydrogens (primary N) is 6. The summed E-state index contributed by atoms with van der Waals surface area (Å²) >= 11 is 0. The monoisotopic (exact) mass is 261 g/mol. The molecule has 0 saturated heterocycles. The van der Waals surface area contributed by atoms with Gasteiger partial charge in [-0.1, -0.05) is 0 Å². The molecule has 0 aliphatic carbocycles. The van der Waals surface area contributed by atoms with E-state index in [2.05, 4.69) is 35.4 Å². The molecular weight excluding hydrogens is 242 g/mol. The van der Waals surface area contributed by atoms with Gasteiger partial charge in [0.1, 0.15) is 0 Å². The van der Waals surface area contributed by atoms with Crippen molar-refractivity contribution in [3.63, 3.8) is 0 Å². The molecule has 0 rings (SSSR count). The molecule has 0 aliphatic heterocycles. The second-order valence-electron chi connectivity index (χ2n) is 0.238. The van der Waals surface area contributed by atoms with Gasteiger partial charge in [0.15, 0.2) is 0 Å². The van der Waals surface area contributed by atoms with Crippen LogP contribution >= 0.6 is 0 Å². The summed E-state index contributed by atoms with van der Waals surface area (Å²) in [6.07, 6.45) is 0. The summed E-state index contributed by atoms with van der Waals surface area (Å²) in [4.78, 5) is 8.36. The van der Waals surface area contributed by atoms with Crippen LogP contribution < -0.4 is 35.4 Å². The molecule has 0 aromatic heterocycles. The van der Waals surface area contributed by atoms with Crippen LogP contribution in [-0.4, -0.2) is 41.5 Å². The van der Waals surface area contributed by atoms with E-state index >= 15 is 0 Å². The summed E-state index contributed by atoms with van der Waals surface area (Å²) in [5.74, 6) is 21.0. The fourth-order valence-electron chi connectivity index (χ4n) is 0. The van der Waals surface area contributed by atoms with Gasteiger partial charge in [-0.3, -0.25) is 0 Å². The minimum absolute atomic E-state index is 1.50. The van der Waals surface area contributed by atoms with Crippen LogP contribution in [0.2, 0.25) is 0 Å². The van der Waals surface area contributed by atoms with Crippen LogP contribution in [0.3, 0.4) is 0 Å². The summed E-state index contributed by atoms with van der Waals surface area (Å²) in [5.41, 5.74) is 0. The van der Waals surface area contributed by atoms with Crippen LogP contribution in [-0.2, 0) is 0 Å². The maximum absolute atomic E-state index is 8.36. The molecule has 19 N–H and O–H groups in total. The standard InChI is InChI=1S/HNO3.6H3NO/c2-1(3)4;6*1-2/h(H,2,3,4);6*2H,1H2. The van der Waals surface area contributed by atoms with Gasteiger partial charge in [0.25, 0.3) is 5.09 Å². The third kappa shape index (κ3) is 1070. The molecule has 16 nitrogen and oxygen atoms in total. The highest BCUT2D eigenvalue weighted by Gasteiger charge is 1.65. The van der Waals surface area contributed by atoms with Crippen molar-refractivity contribution >= 4 is 0 Å². The van der Waals surface area contributed by atoms with E-state index in [1.165, 1.54) is 0 Å². The molecule has 0 saturated carbocycles. The van der Waals surface area contributed by atoms with E-state index in [1.54, 1.807) is 0 Å². The van der Waals surface area contributed by atoms with Crippen LogP contribution in [0.25, 0.3) is 0 Å². The third-order valence-electron chi connectivity index (χ3n) is 0. The highest BCUT2D eigenvalue weighted by molar-refractivity contribution is 3.83. The number of nitrogens with zero attached hydrogens (tertiary/aromatic N) is 1. The molecule has 0 amide bonds. The lowest BCUT2D eigenvalue weighted by molar-refractivity contribution is -0.742. The average molecular weight is 261 g/mol. The van der Waals surface area contributed by atoms with Crippen LogP contribution in [0.5, 0.6) is 0 Å². The number of hydrogen-bond acceptors (Lipinski definition) is 14. The number of hydrogen-bond donors (Lipinski definition) is 13. The minimum atomic E-state index is -1.50. The molecule has 0 aromatic carbocycles. The Balaban J connectivity index is -0.0000000122. The van der Waals surface area contributed by atoms with Gasteiger partial charge in [0, 0.05) is 0 Å². The van der Waals surface area contributed by atoms with Crippen molar-refractivity contribution in [2.24, 2.45) is 35.4 Å². The Labute approximate surface area is 88.3 Å². The summed E-state index contributed by atoms with van der Waals surface area (Å²) in [6.45, 7) is 0. The fourth-order valence-corrected chi connectivity index (χ4v) is 0. The predicted molar refractivity (Wildman–Crippen MR) is 44.6 cm³/mol. The summed E-state index contributed by atoms with van der Waals surface area (Å²) in [7, 11) is 0. The first kappa shape index (κ1) is 46.5. The highest BCUT2D eigenvalue weighted by Crippen LogP contribution is 1.38. The zero-order valence-electron chi connectivity index (χ0n) is 7.86. The molecule has 0 radical (unpaired) electrons. The zero-order chi connectivity index (χ0) is 15.6. The van der Waals surface area contributed by atoms with Gasteiger partial charge in [0.05, 0.1) is 0 Å². The van der Waals surface area contributed by atoms with Crippen molar-refractivity contribution in [1.82, 2.24) is 0 Å². The van der Waals surface area contributed by atoms with Crippen molar-refractivity contribution in [3.05, 3.63) is 10.1 Å². The smallest absolute Gasteiger partial charge is 0.291 e. The van der Waals surface area contributed by atoms with Gasteiger partial charge in [-0.25, -0.2) is 35.4 Å². The minimum Gasteiger partial charge on any atom is -0.328 e. The molecular formula is H19N7O9. The Morgan fingerprint density at radius 1 is 0.625 bits per heavy atom. The third-order valence-corrected chi connectivity index (χ3v) is 0. The van der Waals surface area contributed by atoms with Gasteiger partial charge in [0.2, 0.25) is 0 Å². The largest absolute Gasteiger partial charge is 0.328 e. The Morgan fingerprint density at radius 3 is 0.625 bits per heavy atom. The molecule has 0 fully saturated rings. The average Bonchev–Trinajstić information content (AvgIpc) is 2.42. The van der Waals surface area contributed by atoms with Crippen molar-refractivity contribution in [2.45, 2.75) is 0 Å². The Morgan fingerprint density at radius 2 is 0.625 bits per heavy atom. The lowest BCUT2D eigenvalue weighted by atomic mass is 13.1. The Bertz CT molecular complexity index is 38.8. The first-order valence-corrected chi connectivity index (χ1v) is 2.11. The first-order valence-electron chi connectivity index (χ1n) is 2.11. The topological polar surface area (TPSA) is 341 Å². The van der Waals surface area contributed by atoms with Crippen molar-refractivity contribution < 1.29 is 41.5 Å². The Kier molecular flexibility index (Phi) is 2180. The lowest BCUT2D eigenvalue weighted by Crippen LogP contribution is -1.81. The van der Waals surface area contributed by atoms with Crippen LogP contribution in [0.15, 0.2) is 0 Å². The van der Waals surface area contributed by atoms with Gasteiger partial charge in [-0.05, 0) is 0 Å². The molecule has 0 aliphatic rings. The molecule has 0 spiro atoms. The second-order valence-corrected chi connectivity index (χ2v) is 0.238. The van der Waals surface area contributed by atoms with Crippen molar-refractivity contribution in [2.75, 3.05) is 0 Å². The van der Waals surface area contributed by atoms with Crippen LogP contribution in [0, 0.1) is 10.1 Å². The normalized spacial score (nSPS) is 3.75.